The fourth-order valence-corrected chi connectivity index (χ4v) is 8.98. The Hall–Kier alpha value is -1.25. The predicted molar refractivity (Wildman–Crippen MR) is 135 cm³/mol. The third kappa shape index (κ3) is 5.19. The highest BCUT2D eigenvalue weighted by Crippen LogP contribution is 2.44. The summed E-state index contributed by atoms with van der Waals surface area (Å²) in [6, 6.07) is 7.52. The van der Waals surface area contributed by atoms with Crippen LogP contribution in [0.25, 0.3) is 0 Å². The molecule has 1 saturated carbocycles. The molecule has 4 heterocycles. The molecule has 2 aromatic rings. The summed E-state index contributed by atoms with van der Waals surface area (Å²) in [5, 5.41) is 5.85. The predicted octanol–water partition coefficient (Wildman–Crippen LogP) is -3.54. The number of quaternary nitrogens is 2. The molecular formula is C28H39Cl2FN4OS. The van der Waals surface area contributed by atoms with E-state index in [0.717, 1.165) is 56.1 Å². The van der Waals surface area contributed by atoms with Crippen LogP contribution in [-0.2, 0) is 16.8 Å². The Labute approximate surface area is 236 Å². The van der Waals surface area contributed by atoms with Crippen molar-refractivity contribution in [3.05, 3.63) is 51.2 Å². The summed E-state index contributed by atoms with van der Waals surface area (Å²) < 4.78 is 14.7. The van der Waals surface area contributed by atoms with Crippen molar-refractivity contribution in [3.63, 3.8) is 0 Å². The minimum Gasteiger partial charge on any atom is -1.00 e. The zero-order valence-electron chi connectivity index (χ0n) is 21.6. The molecule has 1 spiro atoms. The maximum atomic E-state index is 14.7. The van der Waals surface area contributed by atoms with E-state index in [1.807, 2.05) is 23.5 Å². The van der Waals surface area contributed by atoms with Gasteiger partial charge in [0.15, 0.2) is 0 Å². The van der Waals surface area contributed by atoms with Crippen molar-refractivity contribution in [1.82, 2.24) is 9.88 Å². The Morgan fingerprint density at radius 2 is 1.86 bits per heavy atom. The lowest BCUT2D eigenvalue weighted by Crippen LogP contribution is -3.00. The van der Waals surface area contributed by atoms with Crippen LogP contribution in [0.2, 0.25) is 0 Å². The van der Waals surface area contributed by atoms with Gasteiger partial charge in [-0.05, 0) is 56.1 Å². The Bertz CT molecular complexity index is 1090. The molecule has 3 fully saturated rings. The first-order chi connectivity index (χ1) is 17.1. The molecule has 4 N–H and O–H groups in total. The number of nitrogens with zero attached hydrogens (tertiary/aromatic N) is 2. The average Bonchev–Trinajstić information content (AvgIpc) is 3.48. The van der Waals surface area contributed by atoms with Gasteiger partial charge in [-0.1, -0.05) is 37.5 Å². The van der Waals surface area contributed by atoms with Gasteiger partial charge in [-0.2, -0.15) is 0 Å². The van der Waals surface area contributed by atoms with Gasteiger partial charge >= 0.3 is 0 Å². The van der Waals surface area contributed by atoms with E-state index >= 15 is 0 Å². The fraction of sp³-hybridized carbons (Fsp3) is 0.643. The van der Waals surface area contributed by atoms with E-state index < -0.39 is 0 Å². The van der Waals surface area contributed by atoms with E-state index in [-0.39, 0.29) is 53.9 Å². The normalized spacial score (nSPS) is 29.9. The number of likely N-dealkylation sites (tertiary alicyclic amines) is 1. The number of halogens is 3. The standard InChI is InChI=1S/C28H37FN4OS.2ClH/c1-18-32-24-15-31-17-28(26(24)35-18)16-30-14-22(28)27(34)33-12-11-20(21-9-5-6-10-23(21)29)13-25(33)19-7-3-2-4-8-19;;/h5-6,9-10,19-20,22,25,30-31H,2-4,7-8,11-17H2,1H3;2*1H/t20-,22+,25+,28+;;/m1../s1. The van der Waals surface area contributed by atoms with Crippen LogP contribution in [-0.4, -0.2) is 48.0 Å². The molecule has 4 aliphatic rings. The van der Waals surface area contributed by atoms with Crippen molar-refractivity contribution in [1.29, 1.82) is 0 Å². The van der Waals surface area contributed by atoms with Gasteiger partial charge in [0, 0.05) is 12.6 Å². The Morgan fingerprint density at radius 1 is 1.11 bits per heavy atom. The number of fused-ring (bicyclic) bond motifs is 2. The number of carbonyl (C=O) groups is 1. The van der Waals surface area contributed by atoms with Crippen LogP contribution in [0.1, 0.15) is 72.0 Å². The van der Waals surface area contributed by atoms with Gasteiger partial charge in [0.05, 0.1) is 29.5 Å². The first-order valence-electron chi connectivity index (χ1n) is 13.7. The second-order valence-corrected chi connectivity index (χ2v) is 12.6. The number of hydrogen-bond acceptors (Lipinski definition) is 3. The van der Waals surface area contributed by atoms with Crippen molar-refractivity contribution < 1.29 is 44.6 Å². The maximum Gasteiger partial charge on any atom is 0.233 e. The molecule has 204 valence electrons. The van der Waals surface area contributed by atoms with Gasteiger partial charge in [0.1, 0.15) is 29.4 Å². The molecule has 3 aliphatic heterocycles. The van der Waals surface area contributed by atoms with Crippen LogP contribution in [0.5, 0.6) is 0 Å². The lowest BCUT2D eigenvalue weighted by molar-refractivity contribution is -0.691. The van der Waals surface area contributed by atoms with Crippen LogP contribution in [0, 0.1) is 24.6 Å². The number of amides is 1. The summed E-state index contributed by atoms with van der Waals surface area (Å²) in [5.74, 6) is 1.02. The molecule has 0 bridgehead atoms. The first-order valence-corrected chi connectivity index (χ1v) is 14.5. The summed E-state index contributed by atoms with van der Waals surface area (Å²) in [5.41, 5.74) is 1.95. The van der Waals surface area contributed by atoms with Gasteiger partial charge in [-0.15, -0.1) is 11.3 Å². The second-order valence-electron chi connectivity index (χ2n) is 11.4. The molecule has 9 heteroatoms. The molecule has 0 unspecified atom stereocenters. The quantitative estimate of drug-likeness (QED) is 0.403. The van der Waals surface area contributed by atoms with Crippen molar-refractivity contribution >= 4 is 17.2 Å². The molecule has 1 aromatic heterocycles. The molecule has 2 saturated heterocycles. The minimum atomic E-state index is -0.101. The third-order valence-electron chi connectivity index (χ3n) is 9.45. The number of benzene rings is 1. The molecular weight excluding hydrogens is 530 g/mol. The molecule has 37 heavy (non-hydrogen) atoms. The summed E-state index contributed by atoms with van der Waals surface area (Å²) in [6.45, 7) is 6.61. The smallest absolute Gasteiger partial charge is 0.233 e. The number of aromatic nitrogens is 1. The van der Waals surface area contributed by atoms with Crippen LogP contribution in [0.3, 0.4) is 0 Å². The zero-order valence-corrected chi connectivity index (χ0v) is 23.9. The van der Waals surface area contributed by atoms with Crippen molar-refractivity contribution in [2.75, 3.05) is 26.2 Å². The Balaban J connectivity index is 0.00000160. The monoisotopic (exact) mass is 568 g/mol. The highest BCUT2D eigenvalue weighted by molar-refractivity contribution is 7.11. The molecule has 0 radical (unpaired) electrons. The fourth-order valence-electron chi connectivity index (χ4n) is 7.77. The van der Waals surface area contributed by atoms with Crippen molar-refractivity contribution in [2.45, 2.75) is 75.8 Å². The average molecular weight is 570 g/mol. The van der Waals surface area contributed by atoms with Crippen LogP contribution in [0.15, 0.2) is 24.3 Å². The van der Waals surface area contributed by atoms with Gasteiger partial charge in [0.25, 0.3) is 0 Å². The number of hydrogen-bond donors (Lipinski definition) is 2. The van der Waals surface area contributed by atoms with E-state index in [2.05, 4.69) is 22.5 Å². The Kier molecular flexibility index (Phi) is 9.22. The second kappa shape index (κ2) is 11.9. The summed E-state index contributed by atoms with van der Waals surface area (Å²) >= 11 is 1.82. The van der Waals surface area contributed by atoms with Gasteiger partial charge < -0.3 is 40.3 Å². The lowest BCUT2D eigenvalue weighted by Gasteiger charge is -2.46. The lowest BCUT2D eigenvalue weighted by atomic mass is 9.71. The first kappa shape index (κ1) is 28.8. The van der Waals surface area contributed by atoms with Crippen LogP contribution < -0.4 is 35.4 Å². The largest absolute Gasteiger partial charge is 1.00 e. The highest BCUT2D eigenvalue weighted by Gasteiger charge is 2.58. The molecule has 4 atom stereocenters. The van der Waals surface area contributed by atoms with Gasteiger partial charge in [0.2, 0.25) is 5.91 Å². The van der Waals surface area contributed by atoms with Gasteiger partial charge in [-0.3, -0.25) is 4.79 Å². The maximum absolute atomic E-state index is 14.7. The highest BCUT2D eigenvalue weighted by atomic mass is 35.5. The third-order valence-corrected chi connectivity index (χ3v) is 10.7. The number of aryl methyl sites for hydroxylation is 1. The zero-order chi connectivity index (χ0) is 24.0. The van der Waals surface area contributed by atoms with E-state index in [0.29, 0.717) is 11.8 Å². The minimum absolute atomic E-state index is 0. The SMILES string of the molecule is Cc1nc2c(s1)[C@]1(C[NH2+]C2)C[NH2+]C[C@H]1C(=O)N1CC[C@@H](c2ccccc2F)C[C@H]1C1CCCCC1.[Cl-].[Cl-]. The van der Waals surface area contributed by atoms with E-state index in [1.165, 1.54) is 42.7 Å². The van der Waals surface area contributed by atoms with Crippen LogP contribution >= 0.6 is 11.3 Å². The molecule has 1 aromatic carbocycles. The van der Waals surface area contributed by atoms with Crippen molar-refractivity contribution in [2.24, 2.45) is 11.8 Å². The van der Waals surface area contributed by atoms with E-state index in [9.17, 15) is 9.18 Å². The number of carbonyl (C=O) groups excluding carboxylic acids is 1. The molecule has 5 nitrogen and oxygen atoms in total. The number of nitrogens with two attached hydrogens (primary N) is 2. The molecule has 1 amide bonds. The molecule has 6 rings (SSSR count). The van der Waals surface area contributed by atoms with Gasteiger partial charge in [-0.25, -0.2) is 9.37 Å². The van der Waals surface area contributed by atoms with E-state index in [4.69, 9.17) is 4.98 Å². The summed E-state index contributed by atoms with van der Waals surface area (Å²) in [6.07, 6.45) is 7.98. The molecule has 1 aliphatic carbocycles. The summed E-state index contributed by atoms with van der Waals surface area (Å²) in [7, 11) is 0. The Morgan fingerprint density at radius 3 is 2.65 bits per heavy atom. The number of thiazole rings is 1. The topological polar surface area (TPSA) is 66.4 Å². The van der Waals surface area contributed by atoms with Crippen molar-refractivity contribution in [3.8, 4) is 0 Å². The van der Waals surface area contributed by atoms with Crippen LogP contribution in [0.4, 0.5) is 4.39 Å². The summed E-state index contributed by atoms with van der Waals surface area (Å²) in [4.78, 5) is 22.9. The van der Waals surface area contributed by atoms with E-state index in [1.54, 1.807) is 12.1 Å². The number of rotatable bonds is 3. The number of piperidine rings is 1.